The summed E-state index contributed by atoms with van der Waals surface area (Å²) in [5.74, 6) is -0.00757. The average Bonchev–Trinajstić information content (AvgIpc) is 2.12. The van der Waals surface area contributed by atoms with Crippen molar-refractivity contribution in [2.24, 2.45) is 17.4 Å². The molecule has 0 bridgehead atoms. The van der Waals surface area contributed by atoms with Crippen LogP contribution in [-0.2, 0) is 4.79 Å². The van der Waals surface area contributed by atoms with E-state index in [-0.39, 0.29) is 22.9 Å². The summed E-state index contributed by atoms with van der Waals surface area (Å²) in [6.45, 7) is 6.27. The van der Waals surface area contributed by atoms with Gasteiger partial charge in [0.2, 0.25) is 5.91 Å². The van der Waals surface area contributed by atoms with Gasteiger partial charge >= 0.3 is 0 Å². The van der Waals surface area contributed by atoms with E-state index < -0.39 is 0 Å². The minimum Gasteiger partial charge on any atom is -0.354 e. The average molecular weight is 227 g/mol. The fraction of sp³-hybridized carbons (Fsp3) is 0.917. The van der Waals surface area contributed by atoms with Crippen LogP contribution in [0.2, 0.25) is 0 Å². The lowest BCUT2D eigenvalue weighted by Crippen LogP contribution is -2.55. The Morgan fingerprint density at radius 2 is 2.12 bits per heavy atom. The molecule has 0 aromatic heterocycles. The zero-order valence-electron chi connectivity index (χ0n) is 10.7. The third-order valence-electron chi connectivity index (χ3n) is 3.29. The molecular formula is C12H25N3O. The predicted molar refractivity (Wildman–Crippen MR) is 65.8 cm³/mol. The van der Waals surface area contributed by atoms with Crippen molar-refractivity contribution in [2.45, 2.75) is 57.5 Å². The monoisotopic (exact) mass is 227 g/mol. The summed E-state index contributed by atoms with van der Waals surface area (Å²) in [5.41, 5.74) is 11.3. The molecule has 0 radical (unpaired) electrons. The number of nitrogens with two attached hydrogens (primary N) is 2. The van der Waals surface area contributed by atoms with E-state index in [4.69, 9.17) is 11.5 Å². The first-order valence-electron chi connectivity index (χ1n) is 6.08. The van der Waals surface area contributed by atoms with Crippen molar-refractivity contribution < 1.29 is 4.79 Å². The van der Waals surface area contributed by atoms with E-state index in [0.29, 0.717) is 6.54 Å². The first-order chi connectivity index (χ1) is 7.22. The molecule has 4 nitrogen and oxygen atoms in total. The topological polar surface area (TPSA) is 81.1 Å². The first-order valence-corrected chi connectivity index (χ1v) is 6.08. The van der Waals surface area contributed by atoms with Gasteiger partial charge in [-0.1, -0.05) is 12.8 Å². The summed E-state index contributed by atoms with van der Waals surface area (Å²) in [4.78, 5) is 12.0. The van der Waals surface area contributed by atoms with Gasteiger partial charge in [0.1, 0.15) is 0 Å². The minimum atomic E-state index is -0.366. The van der Waals surface area contributed by atoms with Crippen LogP contribution < -0.4 is 16.8 Å². The van der Waals surface area contributed by atoms with Crippen LogP contribution in [0.3, 0.4) is 0 Å². The van der Waals surface area contributed by atoms with E-state index in [1.165, 1.54) is 0 Å². The molecule has 94 valence electrons. The van der Waals surface area contributed by atoms with Crippen LogP contribution in [0.25, 0.3) is 0 Å². The third kappa shape index (κ3) is 3.76. The van der Waals surface area contributed by atoms with Crippen molar-refractivity contribution in [1.82, 2.24) is 5.32 Å². The zero-order valence-corrected chi connectivity index (χ0v) is 10.7. The Kier molecular flexibility index (Phi) is 3.97. The summed E-state index contributed by atoms with van der Waals surface area (Å²) in [6, 6.07) is 0. The maximum Gasteiger partial charge on any atom is 0.225 e. The molecule has 0 spiro atoms. The number of nitrogens with one attached hydrogen (secondary N) is 1. The van der Waals surface area contributed by atoms with Gasteiger partial charge in [0.25, 0.3) is 0 Å². The molecule has 4 heteroatoms. The maximum atomic E-state index is 12.0. The van der Waals surface area contributed by atoms with Crippen LogP contribution in [0.4, 0.5) is 0 Å². The number of amides is 1. The molecule has 0 aliphatic heterocycles. The maximum absolute atomic E-state index is 12.0. The summed E-state index contributed by atoms with van der Waals surface area (Å²) < 4.78 is 0. The number of carbonyl (C=O) groups is 1. The number of rotatable bonds is 3. The molecule has 1 amide bonds. The summed E-state index contributed by atoms with van der Waals surface area (Å²) in [7, 11) is 0. The molecule has 1 rings (SSSR count). The van der Waals surface area contributed by atoms with Gasteiger partial charge in [-0.15, -0.1) is 0 Å². The van der Waals surface area contributed by atoms with Crippen molar-refractivity contribution in [3.63, 3.8) is 0 Å². The summed E-state index contributed by atoms with van der Waals surface area (Å²) >= 11 is 0. The summed E-state index contributed by atoms with van der Waals surface area (Å²) in [5, 5.41) is 2.90. The van der Waals surface area contributed by atoms with Crippen LogP contribution in [0, 0.1) is 5.92 Å². The van der Waals surface area contributed by atoms with E-state index in [1.54, 1.807) is 0 Å². The van der Waals surface area contributed by atoms with Crippen molar-refractivity contribution in [3.8, 4) is 0 Å². The van der Waals surface area contributed by atoms with Crippen LogP contribution in [-0.4, -0.2) is 23.5 Å². The van der Waals surface area contributed by atoms with E-state index in [1.807, 2.05) is 20.8 Å². The van der Waals surface area contributed by atoms with E-state index >= 15 is 0 Å². The van der Waals surface area contributed by atoms with E-state index in [9.17, 15) is 4.79 Å². The fourth-order valence-corrected chi connectivity index (χ4v) is 2.23. The molecule has 0 saturated heterocycles. The Labute approximate surface area is 98.1 Å². The Bertz CT molecular complexity index is 255. The van der Waals surface area contributed by atoms with Gasteiger partial charge in [0.15, 0.2) is 0 Å². The van der Waals surface area contributed by atoms with E-state index in [2.05, 4.69) is 5.32 Å². The SMILES string of the molecule is CC(C)(N)CNC(=O)C1CCCCC1(C)N. The molecule has 0 aromatic rings. The largest absolute Gasteiger partial charge is 0.354 e. The predicted octanol–water partition coefficient (Wildman–Crippen LogP) is 0.748. The van der Waals surface area contributed by atoms with Gasteiger partial charge < -0.3 is 16.8 Å². The Morgan fingerprint density at radius 1 is 1.50 bits per heavy atom. The highest BCUT2D eigenvalue weighted by Gasteiger charge is 2.37. The second-order valence-corrected chi connectivity index (χ2v) is 6.01. The Morgan fingerprint density at radius 3 is 2.62 bits per heavy atom. The molecule has 2 unspecified atom stereocenters. The Hall–Kier alpha value is -0.610. The lowest BCUT2D eigenvalue weighted by molar-refractivity contribution is -0.128. The molecule has 1 aliphatic carbocycles. The highest BCUT2D eigenvalue weighted by molar-refractivity contribution is 5.80. The third-order valence-corrected chi connectivity index (χ3v) is 3.29. The van der Waals surface area contributed by atoms with Crippen molar-refractivity contribution in [2.75, 3.05) is 6.54 Å². The second kappa shape index (κ2) is 4.72. The quantitative estimate of drug-likeness (QED) is 0.665. The summed E-state index contributed by atoms with van der Waals surface area (Å²) in [6.07, 6.45) is 4.04. The van der Waals surface area contributed by atoms with Crippen LogP contribution in [0.5, 0.6) is 0 Å². The first kappa shape index (κ1) is 13.5. The molecule has 1 aliphatic rings. The van der Waals surface area contributed by atoms with Gasteiger partial charge in [-0.25, -0.2) is 0 Å². The Balaban J connectivity index is 2.52. The normalized spacial score (nSPS) is 31.2. The van der Waals surface area contributed by atoms with Crippen molar-refractivity contribution in [1.29, 1.82) is 0 Å². The van der Waals surface area contributed by atoms with Crippen molar-refractivity contribution in [3.05, 3.63) is 0 Å². The van der Waals surface area contributed by atoms with E-state index in [0.717, 1.165) is 25.7 Å². The van der Waals surface area contributed by atoms with Gasteiger partial charge in [-0.2, -0.15) is 0 Å². The molecule has 2 atom stereocenters. The number of hydrogen-bond donors (Lipinski definition) is 3. The molecule has 1 saturated carbocycles. The lowest BCUT2D eigenvalue weighted by atomic mass is 9.74. The lowest BCUT2D eigenvalue weighted by Gasteiger charge is -2.37. The molecule has 16 heavy (non-hydrogen) atoms. The highest BCUT2D eigenvalue weighted by atomic mass is 16.1. The highest BCUT2D eigenvalue weighted by Crippen LogP contribution is 2.31. The van der Waals surface area contributed by atoms with Gasteiger partial charge in [-0.3, -0.25) is 4.79 Å². The van der Waals surface area contributed by atoms with Gasteiger partial charge in [0.05, 0.1) is 5.92 Å². The zero-order chi connectivity index (χ0) is 12.4. The van der Waals surface area contributed by atoms with Gasteiger partial charge in [0, 0.05) is 17.6 Å². The molecule has 0 aromatic carbocycles. The molecule has 0 heterocycles. The van der Waals surface area contributed by atoms with Crippen LogP contribution in [0.1, 0.15) is 46.5 Å². The second-order valence-electron chi connectivity index (χ2n) is 6.01. The van der Waals surface area contributed by atoms with Crippen LogP contribution >= 0.6 is 0 Å². The fourth-order valence-electron chi connectivity index (χ4n) is 2.23. The molecule has 5 N–H and O–H groups in total. The van der Waals surface area contributed by atoms with Gasteiger partial charge in [-0.05, 0) is 33.6 Å². The minimum absolute atomic E-state index is 0.0585. The molecular weight excluding hydrogens is 202 g/mol. The van der Waals surface area contributed by atoms with Crippen molar-refractivity contribution >= 4 is 5.91 Å². The number of carbonyl (C=O) groups excluding carboxylic acids is 1. The van der Waals surface area contributed by atoms with Crippen LogP contribution in [0.15, 0.2) is 0 Å². The molecule has 1 fully saturated rings. The smallest absolute Gasteiger partial charge is 0.225 e. The standard InChI is InChI=1S/C12H25N3O/c1-11(2,13)8-15-10(16)9-6-4-5-7-12(9,3)14/h9H,4-8,13-14H2,1-3H3,(H,15,16). The number of hydrogen-bond acceptors (Lipinski definition) is 3.